The van der Waals surface area contributed by atoms with Gasteiger partial charge in [0.2, 0.25) is 5.91 Å². The summed E-state index contributed by atoms with van der Waals surface area (Å²) in [6, 6.07) is 6.55. The summed E-state index contributed by atoms with van der Waals surface area (Å²) < 4.78 is 5.14. The number of carbonyl (C=O) groups excluding carboxylic acids is 3. The van der Waals surface area contributed by atoms with Gasteiger partial charge in [-0.15, -0.1) is 0 Å². The van der Waals surface area contributed by atoms with E-state index in [9.17, 15) is 14.4 Å². The fourth-order valence-corrected chi connectivity index (χ4v) is 4.11. The molecule has 2 aliphatic carbocycles. The zero-order chi connectivity index (χ0) is 22.5. The number of aliphatic imine (C=N–C) groups is 1. The maximum Gasteiger partial charge on any atom is 0.350 e. The molecule has 1 atom stereocenters. The Balaban J connectivity index is 1.39. The summed E-state index contributed by atoms with van der Waals surface area (Å²) in [5, 5.41) is 2.92. The molecule has 0 saturated heterocycles. The number of allylic oxidation sites excluding steroid dienone is 2. The van der Waals surface area contributed by atoms with E-state index in [1.807, 2.05) is 0 Å². The molecule has 0 radical (unpaired) electrons. The summed E-state index contributed by atoms with van der Waals surface area (Å²) in [5.74, 6) is -0.520. The molecule has 1 aromatic carbocycles. The van der Waals surface area contributed by atoms with Gasteiger partial charge in [-0.2, -0.15) is 4.99 Å². The van der Waals surface area contributed by atoms with E-state index < -0.39 is 11.9 Å². The topological polar surface area (TPSA) is 88.1 Å². The monoisotopic (exact) mass is 433 g/mol. The first kappa shape index (κ1) is 21.7. The Morgan fingerprint density at radius 1 is 1.22 bits per heavy atom. The van der Waals surface area contributed by atoms with Gasteiger partial charge in [-0.05, 0) is 55.9 Å². The maximum atomic E-state index is 12.9. The molecule has 1 N–H and O–H groups in total. The Morgan fingerprint density at radius 2 is 2.03 bits per heavy atom. The normalized spacial score (nSPS) is 20.2. The molecule has 0 spiro atoms. The summed E-state index contributed by atoms with van der Waals surface area (Å²) in [6.07, 6.45) is 12.6. The van der Waals surface area contributed by atoms with Crippen molar-refractivity contribution in [2.24, 2.45) is 10.9 Å². The number of hydrogen-bond donors (Lipinski definition) is 1. The zero-order valence-corrected chi connectivity index (χ0v) is 18.2. The molecule has 166 valence electrons. The average Bonchev–Trinajstić information content (AvgIpc) is 2.82. The number of nitrogens with one attached hydrogen (secondary N) is 1. The highest BCUT2D eigenvalue weighted by molar-refractivity contribution is 6.23. The maximum absolute atomic E-state index is 12.9. The lowest BCUT2D eigenvalue weighted by atomic mass is 9.91. The highest BCUT2D eigenvalue weighted by Gasteiger charge is 2.36. The number of hydrogen-bond acceptors (Lipinski definition) is 4. The second-order valence-corrected chi connectivity index (χ2v) is 8.14. The first-order chi connectivity index (χ1) is 15.5. The molecular weight excluding hydrogens is 406 g/mol. The fraction of sp³-hybridized carbons (Fsp3) is 0.360. The van der Waals surface area contributed by atoms with Crippen molar-refractivity contribution in [3.63, 3.8) is 0 Å². The van der Waals surface area contributed by atoms with Crippen LogP contribution in [0.3, 0.4) is 0 Å². The number of nitrogens with zero attached hydrogens (tertiary/aromatic N) is 2. The molecule has 0 fully saturated rings. The van der Waals surface area contributed by atoms with Crippen molar-refractivity contribution >= 4 is 23.6 Å². The van der Waals surface area contributed by atoms with Gasteiger partial charge >= 0.3 is 6.03 Å². The number of rotatable bonds is 7. The van der Waals surface area contributed by atoms with Gasteiger partial charge in [0.25, 0.3) is 5.91 Å². The number of ether oxygens (including phenoxy) is 1. The lowest BCUT2D eigenvalue weighted by Crippen LogP contribution is -2.46. The van der Waals surface area contributed by atoms with E-state index >= 15 is 0 Å². The molecule has 7 nitrogen and oxygen atoms in total. The van der Waals surface area contributed by atoms with Gasteiger partial charge in [0.05, 0.1) is 25.3 Å². The van der Waals surface area contributed by atoms with Crippen LogP contribution in [-0.2, 0) is 16.1 Å². The van der Waals surface area contributed by atoms with Gasteiger partial charge in [-0.3, -0.25) is 14.5 Å². The molecule has 0 bridgehead atoms. The third kappa shape index (κ3) is 4.88. The van der Waals surface area contributed by atoms with Gasteiger partial charge in [0.15, 0.2) is 0 Å². The molecule has 32 heavy (non-hydrogen) atoms. The molecule has 1 unspecified atom stereocenters. The minimum Gasteiger partial charge on any atom is -0.497 e. The predicted molar refractivity (Wildman–Crippen MR) is 121 cm³/mol. The minimum atomic E-state index is -0.658. The van der Waals surface area contributed by atoms with E-state index in [0.717, 1.165) is 29.7 Å². The van der Waals surface area contributed by atoms with Crippen LogP contribution >= 0.6 is 0 Å². The number of carbonyl (C=O) groups is 3. The van der Waals surface area contributed by atoms with Crippen LogP contribution in [-0.4, -0.2) is 42.1 Å². The summed E-state index contributed by atoms with van der Waals surface area (Å²) in [5.41, 5.74) is 2.92. The lowest BCUT2D eigenvalue weighted by Gasteiger charge is -2.29. The van der Waals surface area contributed by atoms with Gasteiger partial charge in [0.1, 0.15) is 5.75 Å². The average molecular weight is 434 g/mol. The number of imide groups is 1. The number of amides is 4. The van der Waals surface area contributed by atoms with E-state index in [1.54, 1.807) is 49.6 Å². The largest absolute Gasteiger partial charge is 0.497 e. The summed E-state index contributed by atoms with van der Waals surface area (Å²) in [6.45, 7) is 0.703. The van der Waals surface area contributed by atoms with Crippen molar-refractivity contribution in [2.75, 3.05) is 13.7 Å². The molecule has 0 saturated carbocycles. The Labute approximate surface area is 187 Å². The molecule has 3 aliphatic rings. The molecule has 4 amide bonds. The van der Waals surface area contributed by atoms with E-state index in [0.29, 0.717) is 23.6 Å². The van der Waals surface area contributed by atoms with Crippen molar-refractivity contribution in [1.29, 1.82) is 0 Å². The van der Waals surface area contributed by atoms with Crippen LogP contribution in [0, 0.1) is 5.92 Å². The van der Waals surface area contributed by atoms with E-state index in [-0.39, 0.29) is 18.4 Å². The third-order valence-electron chi connectivity index (χ3n) is 5.96. The molecule has 1 heterocycles. The van der Waals surface area contributed by atoms with Gasteiger partial charge in [-0.25, -0.2) is 4.79 Å². The van der Waals surface area contributed by atoms with Gasteiger partial charge in [0, 0.05) is 12.1 Å². The minimum absolute atomic E-state index is 0.135. The number of urea groups is 1. The highest BCUT2D eigenvalue weighted by atomic mass is 16.5. The van der Waals surface area contributed by atoms with Crippen LogP contribution in [0.25, 0.3) is 0 Å². The zero-order valence-electron chi connectivity index (χ0n) is 18.2. The van der Waals surface area contributed by atoms with Crippen LogP contribution in [0.5, 0.6) is 5.75 Å². The van der Waals surface area contributed by atoms with Gasteiger partial charge in [-0.1, -0.05) is 35.9 Å². The first-order valence-corrected chi connectivity index (χ1v) is 11.0. The van der Waals surface area contributed by atoms with Crippen LogP contribution in [0.15, 0.2) is 64.7 Å². The van der Waals surface area contributed by atoms with Crippen molar-refractivity contribution in [3.8, 4) is 5.75 Å². The first-order valence-electron chi connectivity index (χ1n) is 11.0. The smallest absolute Gasteiger partial charge is 0.350 e. The Hall–Kier alpha value is -3.48. The van der Waals surface area contributed by atoms with Gasteiger partial charge < -0.3 is 10.1 Å². The van der Waals surface area contributed by atoms with Crippen molar-refractivity contribution in [2.45, 2.75) is 38.6 Å². The number of benzene rings is 1. The SMILES string of the molecule is COc1ccc(CN2C(=O)N=C3C=C(C(=O)NCCC4=CCCCC4)C=CC3C2=O)cc1. The summed E-state index contributed by atoms with van der Waals surface area (Å²) >= 11 is 0. The fourth-order valence-electron chi connectivity index (χ4n) is 4.11. The predicted octanol–water partition coefficient (Wildman–Crippen LogP) is 3.72. The molecule has 7 heteroatoms. The third-order valence-corrected chi connectivity index (χ3v) is 5.96. The van der Waals surface area contributed by atoms with Crippen LogP contribution < -0.4 is 10.1 Å². The standard InChI is InChI=1S/C25H27N3O4/c1-32-20-10-7-18(8-11-20)16-28-24(30)21-12-9-19(15-22(21)27-25(28)31)23(29)26-14-13-17-5-3-2-4-6-17/h5,7-12,15,21H,2-4,6,13-14,16H2,1H3,(H,26,29). The Bertz CT molecular complexity index is 1030. The quantitative estimate of drug-likeness (QED) is 0.664. The molecule has 1 aromatic rings. The van der Waals surface area contributed by atoms with Crippen molar-refractivity contribution in [3.05, 3.63) is 65.3 Å². The molecule has 0 aromatic heterocycles. The lowest BCUT2D eigenvalue weighted by molar-refractivity contribution is -0.130. The van der Waals surface area contributed by atoms with Crippen LogP contribution in [0.2, 0.25) is 0 Å². The molecule has 1 aliphatic heterocycles. The van der Waals surface area contributed by atoms with Crippen molar-refractivity contribution in [1.82, 2.24) is 10.2 Å². The van der Waals surface area contributed by atoms with E-state index in [4.69, 9.17) is 4.74 Å². The highest BCUT2D eigenvalue weighted by Crippen LogP contribution is 2.24. The Kier molecular flexibility index (Phi) is 6.63. The number of fused-ring (bicyclic) bond motifs is 1. The summed E-state index contributed by atoms with van der Waals surface area (Å²) in [4.78, 5) is 43.2. The Morgan fingerprint density at radius 3 is 2.75 bits per heavy atom. The summed E-state index contributed by atoms with van der Waals surface area (Å²) in [7, 11) is 1.58. The van der Waals surface area contributed by atoms with E-state index in [1.165, 1.54) is 18.4 Å². The second kappa shape index (κ2) is 9.77. The molecule has 4 rings (SSSR count). The number of methoxy groups -OCH3 is 1. The van der Waals surface area contributed by atoms with Crippen LogP contribution in [0.1, 0.15) is 37.7 Å². The van der Waals surface area contributed by atoms with Crippen molar-refractivity contribution < 1.29 is 19.1 Å². The van der Waals surface area contributed by atoms with E-state index in [2.05, 4.69) is 16.4 Å². The van der Waals surface area contributed by atoms with Crippen LogP contribution in [0.4, 0.5) is 4.79 Å². The molecular formula is C25H27N3O4. The second-order valence-electron chi connectivity index (χ2n) is 8.14.